The van der Waals surface area contributed by atoms with E-state index in [0.717, 1.165) is 23.1 Å². The molecule has 0 spiro atoms. The third kappa shape index (κ3) is 2.87. The Morgan fingerprint density at radius 1 is 1.56 bits per heavy atom. The number of carboxylic acid groups (broad SMARTS) is 1. The number of rotatable bonds is 5. The SMILES string of the molecule is CC(CC(=O)O)N(C)Cc1ccc2nc[nH]c2c1. The van der Waals surface area contributed by atoms with E-state index in [1.807, 2.05) is 37.1 Å². The van der Waals surface area contributed by atoms with E-state index < -0.39 is 5.97 Å². The van der Waals surface area contributed by atoms with Crippen LogP contribution in [0.5, 0.6) is 0 Å². The highest BCUT2D eigenvalue weighted by Gasteiger charge is 2.13. The Balaban J connectivity index is 2.05. The highest BCUT2D eigenvalue weighted by Crippen LogP contribution is 2.14. The fourth-order valence-corrected chi connectivity index (χ4v) is 1.93. The van der Waals surface area contributed by atoms with E-state index in [-0.39, 0.29) is 12.5 Å². The summed E-state index contributed by atoms with van der Waals surface area (Å²) in [6, 6.07) is 6.05. The molecule has 0 fully saturated rings. The van der Waals surface area contributed by atoms with Gasteiger partial charge in [0.05, 0.1) is 23.8 Å². The van der Waals surface area contributed by atoms with Crippen LogP contribution in [0, 0.1) is 0 Å². The highest BCUT2D eigenvalue weighted by atomic mass is 16.4. The van der Waals surface area contributed by atoms with E-state index in [1.165, 1.54) is 0 Å². The second-order valence-corrected chi connectivity index (χ2v) is 4.62. The number of aromatic amines is 1. The van der Waals surface area contributed by atoms with Gasteiger partial charge < -0.3 is 10.1 Å². The first-order valence-electron chi connectivity index (χ1n) is 5.90. The molecule has 0 amide bonds. The molecule has 1 aromatic heterocycles. The molecular weight excluding hydrogens is 230 g/mol. The summed E-state index contributed by atoms with van der Waals surface area (Å²) in [7, 11) is 1.94. The van der Waals surface area contributed by atoms with Crippen LogP contribution in [0.15, 0.2) is 24.5 Å². The summed E-state index contributed by atoms with van der Waals surface area (Å²) < 4.78 is 0. The van der Waals surface area contributed by atoms with Gasteiger partial charge in [0.2, 0.25) is 0 Å². The standard InChI is InChI=1S/C13H17N3O2/c1-9(5-13(17)18)16(2)7-10-3-4-11-12(6-10)15-8-14-11/h3-4,6,8-9H,5,7H2,1-2H3,(H,14,15)(H,17,18). The topological polar surface area (TPSA) is 69.2 Å². The van der Waals surface area contributed by atoms with Gasteiger partial charge >= 0.3 is 5.97 Å². The number of H-pyrrole nitrogens is 1. The highest BCUT2D eigenvalue weighted by molar-refractivity contribution is 5.75. The van der Waals surface area contributed by atoms with Gasteiger partial charge in [0.1, 0.15) is 0 Å². The maximum absolute atomic E-state index is 10.7. The third-order valence-corrected chi connectivity index (χ3v) is 3.14. The molecule has 1 heterocycles. The first-order valence-corrected chi connectivity index (χ1v) is 5.90. The van der Waals surface area contributed by atoms with Crippen molar-refractivity contribution in [1.29, 1.82) is 0 Å². The molecule has 0 saturated heterocycles. The van der Waals surface area contributed by atoms with Crippen molar-refractivity contribution in [2.75, 3.05) is 7.05 Å². The van der Waals surface area contributed by atoms with Crippen LogP contribution in [0.25, 0.3) is 11.0 Å². The molecule has 2 N–H and O–H groups in total. The predicted octanol–water partition coefficient (Wildman–Crippen LogP) is 1.86. The monoisotopic (exact) mass is 247 g/mol. The van der Waals surface area contributed by atoms with Crippen LogP contribution in [-0.4, -0.2) is 39.0 Å². The quantitative estimate of drug-likeness (QED) is 0.846. The maximum Gasteiger partial charge on any atom is 0.304 e. The zero-order chi connectivity index (χ0) is 13.1. The molecule has 5 heteroatoms. The summed E-state index contributed by atoms with van der Waals surface area (Å²) in [5.41, 5.74) is 3.10. The molecule has 1 aromatic carbocycles. The lowest BCUT2D eigenvalue weighted by molar-refractivity contribution is -0.138. The maximum atomic E-state index is 10.7. The Morgan fingerprint density at radius 2 is 2.33 bits per heavy atom. The molecule has 1 atom stereocenters. The van der Waals surface area contributed by atoms with Crippen molar-refractivity contribution in [1.82, 2.24) is 14.9 Å². The summed E-state index contributed by atoms with van der Waals surface area (Å²) in [5, 5.41) is 8.77. The van der Waals surface area contributed by atoms with Crippen molar-refractivity contribution in [3.05, 3.63) is 30.1 Å². The molecule has 18 heavy (non-hydrogen) atoms. The molecular formula is C13H17N3O2. The van der Waals surface area contributed by atoms with Gasteiger partial charge in [-0.2, -0.15) is 0 Å². The summed E-state index contributed by atoms with van der Waals surface area (Å²) in [6.07, 6.45) is 1.83. The van der Waals surface area contributed by atoms with Crippen LogP contribution in [0.1, 0.15) is 18.9 Å². The summed E-state index contributed by atoms with van der Waals surface area (Å²) in [6.45, 7) is 2.65. The van der Waals surface area contributed by atoms with Crippen LogP contribution in [-0.2, 0) is 11.3 Å². The van der Waals surface area contributed by atoms with Gasteiger partial charge in [0, 0.05) is 12.6 Å². The lowest BCUT2D eigenvalue weighted by Gasteiger charge is -2.23. The van der Waals surface area contributed by atoms with Crippen molar-refractivity contribution in [3.8, 4) is 0 Å². The number of aromatic nitrogens is 2. The second-order valence-electron chi connectivity index (χ2n) is 4.62. The van der Waals surface area contributed by atoms with Gasteiger partial charge in [0.15, 0.2) is 0 Å². The fourth-order valence-electron chi connectivity index (χ4n) is 1.93. The Bertz CT molecular complexity index is 550. The molecule has 0 aliphatic carbocycles. The summed E-state index contributed by atoms with van der Waals surface area (Å²) in [4.78, 5) is 19.9. The van der Waals surface area contributed by atoms with Gasteiger partial charge in [-0.15, -0.1) is 0 Å². The number of hydrogen-bond donors (Lipinski definition) is 2. The first kappa shape index (κ1) is 12.6. The van der Waals surface area contributed by atoms with Gasteiger partial charge in [-0.3, -0.25) is 9.69 Å². The van der Waals surface area contributed by atoms with Crippen molar-refractivity contribution in [2.45, 2.75) is 25.9 Å². The predicted molar refractivity (Wildman–Crippen MR) is 69.3 cm³/mol. The molecule has 0 aliphatic rings. The van der Waals surface area contributed by atoms with Crippen molar-refractivity contribution in [3.63, 3.8) is 0 Å². The molecule has 1 unspecified atom stereocenters. The number of aliphatic carboxylic acids is 1. The number of imidazole rings is 1. The third-order valence-electron chi connectivity index (χ3n) is 3.14. The Morgan fingerprint density at radius 3 is 3.06 bits per heavy atom. The molecule has 0 bridgehead atoms. The van der Waals surface area contributed by atoms with Crippen LogP contribution < -0.4 is 0 Å². The number of nitrogens with zero attached hydrogens (tertiary/aromatic N) is 2. The molecule has 5 nitrogen and oxygen atoms in total. The first-order chi connectivity index (χ1) is 8.56. The molecule has 2 aromatic rings. The lowest BCUT2D eigenvalue weighted by Crippen LogP contribution is -2.30. The smallest absolute Gasteiger partial charge is 0.304 e. The van der Waals surface area contributed by atoms with Gasteiger partial charge in [-0.1, -0.05) is 6.07 Å². The van der Waals surface area contributed by atoms with E-state index in [0.29, 0.717) is 0 Å². The molecule has 0 radical (unpaired) electrons. The van der Waals surface area contributed by atoms with Crippen LogP contribution in [0.2, 0.25) is 0 Å². The minimum Gasteiger partial charge on any atom is -0.481 e. The molecule has 0 saturated carbocycles. The van der Waals surface area contributed by atoms with E-state index in [4.69, 9.17) is 5.11 Å². The number of carboxylic acids is 1. The second kappa shape index (κ2) is 5.18. The van der Waals surface area contributed by atoms with Crippen molar-refractivity contribution in [2.24, 2.45) is 0 Å². The average Bonchev–Trinajstić information content (AvgIpc) is 2.75. The van der Waals surface area contributed by atoms with Crippen molar-refractivity contribution >= 4 is 17.0 Å². The largest absolute Gasteiger partial charge is 0.481 e. The van der Waals surface area contributed by atoms with E-state index >= 15 is 0 Å². The fraction of sp³-hybridized carbons (Fsp3) is 0.385. The van der Waals surface area contributed by atoms with Crippen LogP contribution in [0.4, 0.5) is 0 Å². The minimum absolute atomic E-state index is 0.0139. The zero-order valence-corrected chi connectivity index (χ0v) is 10.6. The lowest BCUT2D eigenvalue weighted by atomic mass is 10.1. The van der Waals surface area contributed by atoms with Gasteiger partial charge in [-0.25, -0.2) is 4.98 Å². The van der Waals surface area contributed by atoms with E-state index in [1.54, 1.807) is 6.33 Å². The molecule has 2 rings (SSSR count). The van der Waals surface area contributed by atoms with Crippen LogP contribution in [0.3, 0.4) is 0 Å². The average molecular weight is 247 g/mol. The van der Waals surface area contributed by atoms with E-state index in [9.17, 15) is 4.79 Å². The summed E-state index contributed by atoms with van der Waals surface area (Å²) in [5.74, 6) is -0.765. The Labute approximate surface area is 105 Å². The Kier molecular flexibility index (Phi) is 3.62. The molecule has 0 aliphatic heterocycles. The van der Waals surface area contributed by atoms with Gasteiger partial charge in [0.25, 0.3) is 0 Å². The Hall–Kier alpha value is -1.88. The minimum atomic E-state index is -0.765. The van der Waals surface area contributed by atoms with Crippen molar-refractivity contribution < 1.29 is 9.90 Å². The number of benzene rings is 1. The normalized spacial score (nSPS) is 13.1. The number of carbonyl (C=O) groups is 1. The molecule has 96 valence electrons. The number of hydrogen-bond acceptors (Lipinski definition) is 3. The number of nitrogens with one attached hydrogen (secondary N) is 1. The summed E-state index contributed by atoms with van der Waals surface area (Å²) >= 11 is 0. The van der Waals surface area contributed by atoms with E-state index in [2.05, 4.69) is 9.97 Å². The zero-order valence-electron chi connectivity index (χ0n) is 10.6. The van der Waals surface area contributed by atoms with Crippen LogP contribution >= 0.6 is 0 Å². The number of fused-ring (bicyclic) bond motifs is 1. The van der Waals surface area contributed by atoms with Gasteiger partial charge in [-0.05, 0) is 31.7 Å².